The number of benzene rings is 2. The zero-order valence-electron chi connectivity index (χ0n) is 18.8. The molecular formula is C26H23F2N5O2. The van der Waals surface area contributed by atoms with Gasteiger partial charge in [0.2, 0.25) is 0 Å². The van der Waals surface area contributed by atoms with Gasteiger partial charge >= 0.3 is 6.61 Å². The summed E-state index contributed by atoms with van der Waals surface area (Å²) in [6.45, 7) is -1.90. The number of halogens is 2. The summed E-state index contributed by atoms with van der Waals surface area (Å²) in [6.07, 6.45) is 4.27. The summed E-state index contributed by atoms with van der Waals surface area (Å²) < 4.78 is 38.0. The second kappa shape index (κ2) is 9.97. The number of ether oxygens (including phenoxy) is 2. The molecule has 35 heavy (non-hydrogen) atoms. The van der Waals surface area contributed by atoms with Crippen LogP contribution in [0, 0.1) is 17.2 Å². The zero-order chi connectivity index (χ0) is 24.2. The number of nitrogens with one attached hydrogen (secondary N) is 1. The van der Waals surface area contributed by atoms with E-state index in [2.05, 4.69) is 21.1 Å². The number of hydrogen-bond acceptors (Lipinski definition) is 6. The SMILES string of the molecule is N#CCCNc1cccc(-c2cc3nccc(-c4ccc(OC(F)F)c(OCC5CC5)c4)n3n2)c1. The lowest BCUT2D eigenvalue weighted by Gasteiger charge is -2.14. The first-order chi connectivity index (χ1) is 17.1. The summed E-state index contributed by atoms with van der Waals surface area (Å²) >= 11 is 0. The smallest absolute Gasteiger partial charge is 0.387 e. The third-order valence-corrected chi connectivity index (χ3v) is 5.71. The van der Waals surface area contributed by atoms with Crippen molar-refractivity contribution in [2.24, 2.45) is 5.92 Å². The van der Waals surface area contributed by atoms with E-state index in [0.29, 0.717) is 31.1 Å². The first-order valence-corrected chi connectivity index (χ1v) is 11.4. The lowest BCUT2D eigenvalue weighted by molar-refractivity contribution is -0.0515. The monoisotopic (exact) mass is 475 g/mol. The van der Waals surface area contributed by atoms with Gasteiger partial charge in [0, 0.05) is 35.6 Å². The molecule has 178 valence electrons. The molecule has 0 saturated heterocycles. The molecule has 4 aromatic rings. The predicted molar refractivity (Wildman–Crippen MR) is 127 cm³/mol. The van der Waals surface area contributed by atoms with Crippen molar-refractivity contribution in [1.82, 2.24) is 14.6 Å². The number of fused-ring (bicyclic) bond motifs is 1. The first-order valence-electron chi connectivity index (χ1n) is 11.4. The third-order valence-electron chi connectivity index (χ3n) is 5.71. The third kappa shape index (κ3) is 5.32. The largest absolute Gasteiger partial charge is 0.489 e. The molecule has 0 spiro atoms. The minimum Gasteiger partial charge on any atom is -0.489 e. The highest BCUT2D eigenvalue weighted by atomic mass is 19.3. The lowest BCUT2D eigenvalue weighted by atomic mass is 10.1. The van der Waals surface area contributed by atoms with E-state index in [1.807, 2.05) is 36.4 Å². The number of rotatable bonds is 10. The van der Waals surface area contributed by atoms with E-state index in [1.165, 1.54) is 6.07 Å². The van der Waals surface area contributed by atoms with Crippen molar-refractivity contribution < 1.29 is 18.3 Å². The van der Waals surface area contributed by atoms with Crippen LogP contribution in [0.3, 0.4) is 0 Å². The van der Waals surface area contributed by atoms with Crippen LogP contribution < -0.4 is 14.8 Å². The van der Waals surface area contributed by atoms with Crippen LogP contribution in [0.1, 0.15) is 19.3 Å². The van der Waals surface area contributed by atoms with Crippen LogP contribution in [-0.4, -0.2) is 34.4 Å². The van der Waals surface area contributed by atoms with Crippen LogP contribution in [-0.2, 0) is 0 Å². The van der Waals surface area contributed by atoms with Gasteiger partial charge in [-0.2, -0.15) is 19.1 Å². The highest BCUT2D eigenvalue weighted by Crippen LogP contribution is 2.36. The van der Waals surface area contributed by atoms with Crippen molar-refractivity contribution in [3.8, 4) is 40.1 Å². The molecule has 9 heteroatoms. The number of alkyl halides is 2. The molecule has 7 nitrogen and oxygen atoms in total. The van der Waals surface area contributed by atoms with Gasteiger partial charge in [-0.05, 0) is 55.2 Å². The summed E-state index contributed by atoms with van der Waals surface area (Å²) in [7, 11) is 0. The minimum atomic E-state index is -2.93. The Morgan fingerprint density at radius 3 is 2.77 bits per heavy atom. The Morgan fingerprint density at radius 2 is 1.97 bits per heavy atom. The normalized spacial score (nSPS) is 13.1. The van der Waals surface area contributed by atoms with E-state index in [9.17, 15) is 8.78 Å². The van der Waals surface area contributed by atoms with Crippen molar-refractivity contribution >= 4 is 11.3 Å². The topological polar surface area (TPSA) is 84.5 Å². The summed E-state index contributed by atoms with van der Waals surface area (Å²) in [5.41, 5.74) is 4.66. The van der Waals surface area contributed by atoms with E-state index >= 15 is 0 Å². The van der Waals surface area contributed by atoms with Crippen LogP contribution in [0.2, 0.25) is 0 Å². The molecule has 1 saturated carbocycles. The van der Waals surface area contributed by atoms with Gasteiger partial charge < -0.3 is 14.8 Å². The Morgan fingerprint density at radius 1 is 1.09 bits per heavy atom. The van der Waals surface area contributed by atoms with Crippen molar-refractivity contribution in [3.63, 3.8) is 0 Å². The van der Waals surface area contributed by atoms with Gasteiger partial charge in [0.25, 0.3) is 0 Å². The molecular weight excluding hydrogens is 452 g/mol. The average Bonchev–Trinajstić information content (AvgIpc) is 3.58. The van der Waals surface area contributed by atoms with Crippen molar-refractivity contribution in [3.05, 3.63) is 60.8 Å². The van der Waals surface area contributed by atoms with E-state index in [0.717, 1.165) is 41.0 Å². The van der Waals surface area contributed by atoms with E-state index in [-0.39, 0.29) is 11.5 Å². The maximum atomic E-state index is 12.9. The predicted octanol–water partition coefficient (Wildman–Crippen LogP) is 5.78. The maximum absolute atomic E-state index is 12.9. The molecule has 0 bridgehead atoms. The first kappa shape index (κ1) is 22.6. The van der Waals surface area contributed by atoms with Crippen LogP contribution in [0.4, 0.5) is 14.5 Å². The van der Waals surface area contributed by atoms with Gasteiger partial charge in [-0.25, -0.2) is 9.50 Å². The molecule has 5 rings (SSSR count). The van der Waals surface area contributed by atoms with E-state index in [4.69, 9.17) is 15.1 Å². The Hall–Kier alpha value is -4.19. The fourth-order valence-corrected chi connectivity index (χ4v) is 3.77. The Kier molecular flexibility index (Phi) is 6.44. The number of nitrogens with zero attached hydrogens (tertiary/aromatic N) is 4. The molecule has 0 unspecified atom stereocenters. The molecule has 0 amide bonds. The molecule has 2 heterocycles. The summed E-state index contributed by atoms with van der Waals surface area (Å²) in [6, 6.07) is 18.5. The fourth-order valence-electron chi connectivity index (χ4n) is 3.77. The molecule has 0 aliphatic heterocycles. The lowest BCUT2D eigenvalue weighted by Crippen LogP contribution is -2.06. The summed E-state index contributed by atoms with van der Waals surface area (Å²) in [5.74, 6) is 0.754. The summed E-state index contributed by atoms with van der Waals surface area (Å²) in [4.78, 5) is 4.44. The second-order valence-electron chi connectivity index (χ2n) is 8.34. The van der Waals surface area contributed by atoms with Gasteiger partial charge in [-0.1, -0.05) is 12.1 Å². The number of aromatic nitrogens is 3. The molecule has 0 radical (unpaired) electrons. The van der Waals surface area contributed by atoms with Crippen LogP contribution in [0.15, 0.2) is 60.8 Å². The average molecular weight is 475 g/mol. The van der Waals surface area contributed by atoms with Gasteiger partial charge in [0.1, 0.15) is 0 Å². The molecule has 1 N–H and O–H groups in total. The van der Waals surface area contributed by atoms with Gasteiger partial charge in [-0.3, -0.25) is 0 Å². The highest BCUT2D eigenvalue weighted by Gasteiger charge is 2.23. The summed E-state index contributed by atoms with van der Waals surface area (Å²) in [5, 5.41) is 16.7. The Balaban J connectivity index is 1.48. The molecule has 1 aliphatic carbocycles. The quantitative estimate of drug-likeness (QED) is 0.293. The minimum absolute atomic E-state index is 0.0107. The van der Waals surface area contributed by atoms with Crippen molar-refractivity contribution in [2.75, 3.05) is 18.5 Å². The van der Waals surface area contributed by atoms with Gasteiger partial charge in [-0.15, -0.1) is 0 Å². The number of anilines is 1. The Labute approximate surface area is 200 Å². The molecule has 2 aromatic carbocycles. The number of nitriles is 1. The molecule has 1 aliphatic rings. The highest BCUT2D eigenvalue weighted by molar-refractivity contribution is 5.71. The van der Waals surface area contributed by atoms with E-state index < -0.39 is 6.61 Å². The second-order valence-corrected chi connectivity index (χ2v) is 8.34. The number of hydrogen-bond donors (Lipinski definition) is 1. The zero-order valence-corrected chi connectivity index (χ0v) is 18.8. The maximum Gasteiger partial charge on any atom is 0.387 e. The van der Waals surface area contributed by atoms with Crippen molar-refractivity contribution in [2.45, 2.75) is 25.9 Å². The molecule has 1 fully saturated rings. The Bertz CT molecular complexity index is 1380. The van der Waals surface area contributed by atoms with Crippen LogP contribution in [0.5, 0.6) is 11.5 Å². The van der Waals surface area contributed by atoms with Crippen LogP contribution >= 0.6 is 0 Å². The standard InChI is InChI=1S/C26H23F2N5O2/c27-26(28)35-23-8-7-19(14-24(23)34-16-17-5-6-17)22-9-12-31-25-15-21(32-33(22)25)18-3-1-4-20(13-18)30-11-2-10-29/h1,3-4,7-9,12-15,17,26,30H,2,5-6,11,16H2. The van der Waals surface area contributed by atoms with E-state index in [1.54, 1.807) is 22.8 Å². The van der Waals surface area contributed by atoms with Gasteiger partial charge in [0.15, 0.2) is 17.1 Å². The van der Waals surface area contributed by atoms with Crippen molar-refractivity contribution in [1.29, 1.82) is 5.26 Å². The molecule has 0 atom stereocenters. The van der Waals surface area contributed by atoms with Crippen LogP contribution in [0.25, 0.3) is 28.2 Å². The van der Waals surface area contributed by atoms with Gasteiger partial charge in [0.05, 0.1) is 30.5 Å². The fraction of sp³-hybridized carbons (Fsp3) is 0.269. The molecule has 2 aromatic heterocycles.